The van der Waals surface area contributed by atoms with Gasteiger partial charge in [0.25, 0.3) is 0 Å². The smallest absolute Gasteiger partial charge is 0.231 e. The highest BCUT2D eigenvalue weighted by atomic mass is 32.1. The highest BCUT2D eigenvalue weighted by Gasteiger charge is 2.15. The van der Waals surface area contributed by atoms with Crippen molar-refractivity contribution >= 4 is 28.7 Å². The number of anilines is 2. The second-order valence-electron chi connectivity index (χ2n) is 5.80. The number of ether oxygens (including phenoxy) is 2. The summed E-state index contributed by atoms with van der Waals surface area (Å²) in [6.07, 6.45) is 4.79. The standard InChI is InChI=1S/C18H18N2O2S/c23-18(19-13-8-9-16-17(10-13)22-11-21-16)20-15-7-3-5-12-4-1-2-6-14(12)15/h3,5,7-10H,1-2,4,6,11H2,(H2,19,20,23). The molecule has 0 aromatic heterocycles. The summed E-state index contributed by atoms with van der Waals surface area (Å²) in [6, 6.07) is 12.1. The third kappa shape index (κ3) is 2.97. The van der Waals surface area contributed by atoms with Crippen LogP contribution in [0.3, 0.4) is 0 Å². The van der Waals surface area contributed by atoms with Crippen LogP contribution in [0.15, 0.2) is 36.4 Å². The lowest BCUT2D eigenvalue weighted by Gasteiger charge is -2.20. The zero-order chi connectivity index (χ0) is 15.6. The van der Waals surface area contributed by atoms with Crippen LogP contribution in [0.2, 0.25) is 0 Å². The molecule has 23 heavy (non-hydrogen) atoms. The second kappa shape index (κ2) is 6.08. The van der Waals surface area contributed by atoms with Crippen LogP contribution in [0.4, 0.5) is 11.4 Å². The molecule has 0 radical (unpaired) electrons. The van der Waals surface area contributed by atoms with Gasteiger partial charge in [-0.3, -0.25) is 0 Å². The van der Waals surface area contributed by atoms with Crippen molar-refractivity contribution in [1.29, 1.82) is 0 Å². The van der Waals surface area contributed by atoms with E-state index in [9.17, 15) is 0 Å². The molecular formula is C18H18N2O2S. The topological polar surface area (TPSA) is 42.5 Å². The first-order chi connectivity index (χ1) is 11.3. The van der Waals surface area contributed by atoms with Crippen molar-refractivity contribution in [2.24, 2.45) is 0 Å². The quantitative estimate of drug-likeness (QED) is 0.813. The van der Waals surface area contributed by atoms with Gasteiger partial charge in [0.05, 0.1) is 0 Å². The van der Waals surface area contributed by atoms with E-state index in [1.54, 1.807) is 0 Å². The van der Waals surface area contributed by atoms with Gasteiger partial charge in [-0.25, -0.2) is 0 Å². The fraction of sp³-hybridized carbons (Fsp3) is 0.278. The van der Waals surface area contributed by atoms with Crippen LogP contribution < -0.4 is 20.1 Å². The molecule has 4 rings (SSSR count). The largest absolute Gasteiger partial charge is 0.454 e. The minimum Gasteiger partial charge on any atom is -0.454 e. The maximum absolute atomic E-state index is 5.46. The summed E-state index contributed by atoms with van der Waals surface area (Å²) in [5, 5.41) is 7.13. The highest BCUT2D eigenvalue weighted by molar-refractivity contribution is 7.80. The van der Waals surface area contributed by atoms with Crippen molar-refractivity contribution < 1.29 is 9.47 Å². The van der Waals surface area contributed by atoms with Gasteiger partial charge in [0, 0.05) is 17.4 Å². The van der Waals surface area contributed by atoms with E-state index in [1.165, 1.54) is 24.0 Å². The molecule has 4 nitrogen and oxygen atoms in total. The van der Waals surface area contributed by atoms with E-state index in [1.807, 2.05) is 18.2 Å². The molecule has 0 saturated carbocycles. The zero-order valence-electron chi connectivity index (χ0n) is 12.7. The van der Waals surface area contributed by atoms with Gasteiger partial charge in [0.1, 0.15) is 0 Å². The lowest BCUT2D eigenvalue weighted by atomic mass is 9.90. The fourth-order valence-corrected chi connectivity index (χ4v) is 3.39. The third-order valence-electron chi connectivity index (χ3n) is 4.27. The molecule has 0 bridgehead atoms. The summed E-state index contributed by atoms with van der Waals surface area (Å²) in [7, 11) is 0. The molecule has 1 heterocycles. The van der Waals surface area contributed by atoms with E-state index in [0.717, 1.165) is 35.7 Å². The molecule has 2 N–H and O–H groups in total. The maximum Gasteiger partial charge on any atom is 0.231 e. The van der Waals surface area contributed by atoms with E-state index in [2.05, 4.69) is 28.8 Å². The Bertz CT molecular complexity index is 761. The van der Waals surface area contributed by atoms with Crippen molar-refractivity contribution in [3.8, 4) is 11.5 Å². The van der Waals surface area contributed by atoms with Gasteiger partial charge in [-0.05, 0) is 67.2 Å². The SMILES string of the molecule is S=C(Nc1ccc2c(c1)OCO2)Nc1cccc2c1CCCC2. The molecule has 5 heteroatoms. The Balaban J connectivity index is 1.48. The van der Waals surface area contributed by atoms with Gasteiger partial charge < -0.3 is 20.1 Å². The Morgan fingerprint density at radius 3 is 2.78 bits per heavy atom. The molecule has 2 aromatic rings. The first kappa shape index (κ1) is 14.3. The molecular weight excluding hydrogens is 308 g/mol. The average Bonchev–Trinajstić information content (AvgIpc) is 3.03. The molecule has 0 unspecified atom stereocenters. The first-order valence-corrected chi connectivity index (χ1v) is 8.29. The Morgan fingerprint density at radius 2 is 1.83 bits per heavy atom. The van der Waals surface area contributed by atoms with E-state index < -0.39 is 0 Å². The zero-order valence-corrected chi connectivity index (χ0v) is 13.5. The molecule has 1 aliphatic carbocycles. The van der Waals surface area contributed by atoms with Crippen LogP contribution in [-0.4, -0.2) is 11.9 Å². The molecule has 0 atom stereocenters. The Morgan fingerprint density at radius 1 is 0.957 bits per heavy atom. The number of aryl methyl sites for hydroxylation is 1. The predicted molar refractivity (Wildman–Crippen MR) is 95.5 cm³/mol. The van der Waals surface area contributed by atoms with E-state index in [4.69, 9.17) is 21.7 Å². The number of hydrogen-bond donors (Lipinski definition) is 2. The van der Waals surface area contributed by atoms with Crippen LogP contribution in [-0.2, 0) is 12.8 Å². The average molecular weight is 326 g/mol. The molecule has 2 aliphatic rings. The molecule has 1 aliphatic heterocycles. The Labute approximate surface area is 140 Å². The van der Waals surface area contributed by atoms with Crippen LogP contribution in [0.25, 0.3) is 0 Å². The summed E-state index contributed by atoms with van der Waals surface area (Å²) < 4.78 is 10.7. The molecule has 0 spiro atoms. The van der Waals surface area contributed by atoms with E-state index >= 15 is 0 Å². The van der Waals surface area contributed by atoms with Gasteiger partial charge in [-0.1, -0.05) is 12.1 Å². The summed E-state index contributed by atoms with van der Waals surface area (Å²) >= 11 is 5.46. The van der Waals surface area contributed by atoms with E-state index in [-0.39, 0.29) is 6.79 Å². The number of rotatable bonds is 2. The van der Waals surface area contributed by atoms with Crippen molar-refractivity contribution in [2.75, 3.05) is 17.4 Å². The Hall–Kier alpha value is -2.27. The molecule has 2 aromatic carbocycles. The minimum atomic E-state index is 0.275. The maximum atomic E-state index is 5.46. The third-order valence-corrected chi connectivity index (χ3v) is 4.48. The van der Waals surface area contributed by atoms with Crippen molar-refractivity contribution in [2.45, 2.75) is 25.7 Å². The van der Waals surface area contributed by atoms with Gasteiger partial charge in [-0.2, -0.15) is 0 Å². The normalized spacial score (nSPS) is 15.0. The molecule has 0 fully saturated rings. The molecule has 0 amide bonds. The van der Waals surface area contributed by atoms with E-state index in [0.29, 0.717) is 5.11 Å². The number of fused-ring (bicyclic) bond motifs is 2. The summed E-state index contributed by atoms with van der Waals surface area (Å²) in [5.41, 5.74) is 4.83. The monoisotopic (exact) mass is 326 g/mol. The molecule has 0 saturated heterocycles. The van der Waals surface area contributed by atoms with Crippen LogP contribution in [0, 0.1) is 0 Å². The van der Waals surface area contributed by atoms with Gasteiger partial charge in [-0.15, -0.1) is 0 Å². The number of hydrogen-bond acceptors (Lipinski definition) is 3. The number of nitrogens with one attached hydrogen (secondary N) is 2. The highest BCUT2D eigenvalue weighted by Crippen LogP contribution is 2.34. The minimum absolute atomic E-state index is 0.275. The van der Waals surface area contributed by atoms with Crippen LogP contribution >= 0.6 is 12.2 Å². The van der Waals surface area contributed by atoms with Gasteiger partial charge in [0.15, 0.2) is 16.6 Å². The summed E-state index contributed by atoms with van der Waals surface area (Å²) in [4.78, 5) is 0. The predicted octanol–water partition coefficient (Wildman–Crippen LogP) is 4.10. The number of benzene rings is 2. The number of thiocarbonyl (C=S) groups is 1. The van der Waals surface area contributed by atoms with Crippen molar-refractivity contribution in [1.82, 2.24) is 0 Å². The van der Waals surface area contributed by atoms with Crippen molar-refractivity contribution in [3.63, 3.8) is 0 Å². The van der Waals surface area contributed by atoms with Crippen LogP contribution in [0.1, 0.15) is 24.0 Å². The van der Waals surface area contributed by atoms with Crippen LogP contribution in [0.5, 0.6) is 11.5 Å². The fourth-order valence-electron chi connectivity index (χ4n) is 3.16. The lowest BCUT2D eigenvalue weighted by Crippen LogP contribution is -2.20. The molecule has 118 valence electrons. The Kier molecular flexibility index (Phi) is 3.79. The summed E-state index contributed by atoms with van der Waals surface area (Å²) in [5.74, 6) is 1.52. The second-order valence-corrected chi connectivity index (χ2v) is 6.21. The van der Waals surface area contributed by atoms with Gasteiger partial charge in [0.2, 0.25) is 6.79 Å². The summed E-state index contributed by atoms with van der Waals surface area (Å²) in [6.45, 7) is 0.275. The first-order valence-electron chi connectivity index (χ1n) is 7.88. The lowest BCUT2D eigenvalue weighted by molar-refractivity contribution is 0.174. The van der Waals surface area contributed by atoms with Gasteiger partial charge >= 0.3 is 0 Å². The van der Waals surface area contributed by atoms with Crippen molar-refractivity contribution in [3.05, 3.63) is 47.5 Å².